The molecule has 0 unspecified atom stereocenters. The summed E-state index contributed by atoms with van der Waals surface area (Å²) in [6.07, 6.45) is 2.05. The molecule has 0 saturated carbocycles. The number of benzene rings is 2. The standard InChI is InChI=1S/C21H22N4O2S/c1-2-25-20(17-12-6-8-15-9-7-13-27-19(15)17)23-24-21(25)28-14-18(26)22-16-10-4-3-5-11-16/h3-6,8,10-12H,2,7,9,13-14H2,1H3,(H,22,26). The highest BCUT2D eigenvalue weighted by atomic mass is 32.2. The number of nitrogens with one attached hydrogen (secondary N) is 1. The number of hydrogen-bond acceptors (Lipinski definition) is 5. The first-order valence-corrected chi connectivity index (χ1v) is 10.4. The molecule has 0 spiro atoms. The maximum Gasteiger partial charge on any atom is 0.234 e. The van der Waals surface area contributed by atoms with E-state index in [0.29, 0.717) is 6.54 Å². The molecule has 6 nitrogen and oxygen atoms in total. The lowest BCUT2D eigenvalue weighted by atomic mass is 10.0. The highest BCUT2D eigenvalue weighted by Gasteiger charge is 2.21. The Hall–Kier alpha value is -2.80. The summed E-state index contributed by atoms with van der Waals surface area (Å²) in [5.74, 6) is 1.90. The van der Waals surface area contributed by atoms with Crippen molar-refractivity contribution in [3.63, 3.8) is 0 Å². The molecular weight excluding hydrogens is 372 g/mol. The molecule has 3 aromatic rings. The molecule has 1 aliphatic rings. The number of para-hydroxylation sites is 2. The van der Waals surface area contributed by atoms with Crippen molar-refractivity contribution in [1.29, 1.82) is 0 Å². The molecule has 7 heteroatoms. The van der Waals surface area contributed by atoms with E-state index >= 15 is 0 Å². The summed E-state index contributed by atoms with van der Waals surface area (Å²) >= 11 is 1.39. The van der Waals surface area contributed by atoms with Gasteiger partial charge in [-0.2, -0.15) is 0 Å². The lowest BCUT2D eigenvalue weighted by Gasteiger charge is -2.20. The lowest BCUT2D eigenvalue weighted by Crippen LogP contribution is -2.14. The fourth-order valence-electron chi connectivity index (χ4n) is 3.29. The topological polar surface area (TPSA) is 69.0 Å². The van der Waals surface area contributed by atoms with Crippen LogP contribution in [0.25, 0.3) is 11.4 Å². The molecule has 2 aromatic carbocycles. The number of ether oxygens (including phenoxy) is 1. The molecule has 144 valence electrons. The van der Waals surface area contributed by atoms with Crippen LogP contribution in [-0.2, 0) is 17.8 Å². The van der Waals surface area contributed by atoms with Crippen LogP contribution in [0.2, 0.25) is 0 Å². The number of aryl methyl sites for hydroxylation is 1. The Labute approximate surface area is 168 Å². The van der Waals surface area contributed by atoms with Gasteiger partial charge in [-0.25, -0.2) is 0 Å². The Bertz CT molecular complexity index is 972. The Kier molecular flexibility index (Phi) is 5.62. The molecule has 0 atom stereocenters. The predicted octanol–water partition coefficient (Wildman–Crippen LogP) is 4.02. The molecule has 1 aromatic heterocycles. The summed E-state index contributed by atoms with van der Waals surface area (Å²) in [4.78, 5) is 12.2. The molecule has 0 saturated heterocycles. The molecule has 0 aliphatic carbocycles. The average molecular weight is 395 g/mol. The van der Waals surface area contributed by atoms with Gasteiger partial charge in [0.05, 0.1) is 17.9 Å². The van der Waals surface area contributed by atoms with E-state index in [1.165, 1.54) is 17.3 Å². The predicted molar refractivity (Wildman–Crippen MR) is 111 cm³/mol. The van der Waals surface area contributed by atoms with Crippen molar-refractivity contribution in [1.82, 2.24) is 14.8 Å². The molecule has 0 radical (unpaired) electrons. The molecular formula is C21H22N4O2S. The van der Waals surface area contributed by atoms with Crippen LogP contribution < -0.4 is 10.1 Å². The van der Waals surface area contributed by atoms with Gasteiger partial charge in [-0.1, -0.05) is 42.1 Å². The van der Waals surface area contributed by atoms with E-state index in [2.05, 4.69) is 28.5 Å². The molecule has 28 heavy (non-hydrogen) atoms. The smallest absolute Gasteiger partial charge is 0.234 e. The maximum atomic E-state index is 12.2. The van der Waals surface area contributed by atoms with Crippen LogP contribution in [0.5, 0.6) is 5.75 Å². The first kappa shape index (κ1) is 18.6. The molecule has 1 amide bonds. The summed E-state index contributed by atoms with van der Waals surface area (Å²) in [5, 5.41) is 12.4. The summed E-state index contributed by atoms with van der Waals surface area (Å²) in [6.45, 7) is 3.50. The second kappa shape index (κ2) is 8.48. The van der Waals surface area contributed by atoms with Crippen LogP contribution in [0, 0.1) is 0 Å². The van der Waals surface area contributed by atoms with Crippen molar-refractivity contribution in [2.45, 2.75) is 31.5 Å². The van der Waals surface area contributed by atoms with Gasteiger partial charge in [-0.15, -0.1) is 10.2 Å². The van der Waals surface area contributed by atoms with E-state index in [4.69, 9.17) is 4.74 Å². The largest absolute Gasteiger partial charge is 0.493 e. The van der Waals surface area contributed by atoms with Crippen molar-refractivity contribution in [2.75, 3.05) is 17.7 Å². The number of anilines is 1. The zero-order valence-electron chi connectivity index (χ0n) is 15.7. The Morgan fingerprint density at radius 2 is 2.04 bits per heavy atom. The minimum Gasteiger partial charge on any atom is -0.493 e. The minimum atomic E-state index is -0.0659. The van der Waals surface area contributed by atoms with Gasteiger partial charge in [0, 0.05) is 12.2 Å². The SMILES string of the molecule is CCn1c(SCC(=O)Nc2ccccc2)nnc1-c1cccc2c1OCCC2. The van der Waals surface area contributed by atoms with Gasteiger partial charge < -0.3 is 14.6 Å². The van der Waals surface area contributed by atoms with Crippen LogP contribution in [0.3, 0.4) is 0 Å². The number of rotatable bonds is 6. The van der Waals surface area contributed by atoms with E-state index in [9.17, 15) is 4.79 Å². The van der Waals surface area contributed by atoms with Crippen molar-refractivity contribution >= 4 is 23.4 Å². The quantitative estimate of drug-likeness (QED) is 0.640. The molecule has 0 fully saturated rings. The zero-order valence-corrected chi connectivity index (χ0v) is 16.5. The maximum absolute atomic E-state index is 12.2. The molecule has 4 rings (SSSR count). The van der Waals surface area contributed by atoms with Gasteiger partial charge in [0.1, 0.15) is 5.75 Å². The third-order valence-corrected chi connectivity index (χ3v) is 5.56. The van der Waals surface area contributed by atoms with Crippen LogP contribution in [0.4, 0.5) is 5.69 Å². The van der Waals surface area contributed by atoms with Crippen molar-refractivity contribution in [3.8, 4) is 17.1 Å². The highest BCUT2D eigenvalue weighted by Crippen LogP contribution is 2.36. The second-order valence-corrected chi connectivity index (χ2v) is 7.44. The molecule has 1 N–H and O–H groups in total. The van der Waals surface area contributed by atoms with Crippen LogP contribution in [0.1, 0.15) is 18.9 Å². The van der Waals surface area contributed by atoms with Crippen molar-refractivity contribution in [3.05, 3.63) is 54.1 Å². The third kappa shape index (κ3) is 3.89. The number of carbonyl (C=O) groups is 1. The Morgan fingerprint density at radius 1 is 1.18 bits per heavy atom. The van der Waals surface area contributed by atoms with Gasteiger partial charge in [0.2, 0.25) is 5.91 Å². The number of amides is 1. The van der Waals surface area contributed by atoms with Gasteiger partial charge in [-0.3, -0.25) is 4.79 Å². The third-order valence-electron chi connectivity index (χ3n) is 4.60. The fraction of sp³-hybridized carbons (Fsp3) is 0.286. The monoisotopic (exact) mass is 394 g/mol. The number of fused-ring (bicyclic) bond motifs is 1. The first-order valence-electron chi connectivity index (χ1n) is 9.42. The number of nitrogens with zero attached hydrogens (tertiary/aromatic N) is 3. The molecule has 0 bridgehead atoms. The van der Waals surface area contributed by atoms with Crippen molar-refractivity contribution < 1.29 is 9.53 Å². The second-order valence-electron chi connectivity index (χ2n) is 6.50. The molecule has 1 aliphatic heterocycles. The number of hydrogen-bond donors (Lipinski definition) is 1. The van der Waals surface area contributed by atoms with Crippen molar-refractivity contribution in [2.24, 2.45) is 0 Å². The minimum absolute atomic E-state index is 0.0659. The van der Waals surface area contributed by atoms with E-state index < -0.39 is 0 Å². The normalized spacial score (nSPS) is 12.9. The van der Waals surface area contributed by atoms with Crippen LogP contribution in [0.15, 0.2) is 53.7 Å². The van der Waals surface area contributed by atoms with Gasteiger partial charge in [0.15, 0.2) is 11.0 Å². The van der Waals surface area contributed by atoms with E-state index in [1.807, 2.05) is 47.0 Å². The Balaban J connectivity index is 1.51. The summed E-state index contributed by atoms with van der Waals surface area (Å²) in [7, 11) is 0. The van der Waals surface area contributed by atoms with E-state index in [-0.39, 0.29) is 11.7 Å². The fourth-order valence-corrected chi connectivity index (χ4v) is 4.10. The number of carbonyl (C=O) groups excluding carboxylic acids is 1. The Morgan fingerprint density at radius 3 is 2.86 bits per heavy atom. The van der Waals surface area contributed by atoms with Crippen LogP contribution >= 0.6 is 11.8 Å². The number of thioether (sulfide) groups is 1. The lowest BCUT2D eigenvalue weighted by molar-refractivity contribution is -0.113. The highest BCUT2D eigenvalue weighted by molar-refractivity contribution is 7.99. The van der Waals surface area contributed by atoms with E-state index in [1.54, 1.807) is 0 Å². The summed E-state index contributed by atoms with van der Waals surface area (Å²) in [6, 6.07) is 15.6. The zero-order chi connectivity index (χ0) is 19.3. The summed E-state index contributed by atoms with van der Waals surface area (Å²) in [5.41, 5.74) is 2.97. The van der Waals surface area contributed by atoms with Crippen LogP contribution in [-0.4, -0.2) is 33.0 Å². The van der Waals surface area contributed by atoms with Gasteiger partial charge >= 0.3 is 0 Å². The number of aromatic nitrogens is 3. The van der Waals surface area contributed by atoms with Gasteiger partial charge in [-0.05, 0) is 43.5 Å². The average Bonchev–Trinajstić information content (AvgIpc) is 3.15. The van der Waals surface area contributed by atoms with E-state index in [0.717, 1.165) is 47.4 Å². The molecule has 2 heterocycles. The summed E-state index contributed by atoms with van der Waals surface area (Å²) < 4.78 is 7.97. The van der Waals surface area contributed by atoms with Gasteiger partial charge in [0.25, 0.3) is 0 Å². The first-order chi connectivity index (χ1) is 13.8.